The van der Waals surface area contributed by atoms with Crippen LogP contribution >= 0.6 is 0 Å². The number of aromatic nitrogens is 4. The predicted octanol–water partition coefficient (Wildman–Crippen LogP) is 3.00. The van der Waals surface area contributed by atoms with Crippen molar-refractivity contribution < 1.29 is 4.79 Å². The normalized spacial score (nSPS) is 15.0. The highest BCUT2D eigenvalue weighted by atomic mass is 16.2. The summed E-state index contributed by atoms with van der Waals surface area (Å²) in [5, 5.41) is 14.3. The van der Waals surface area contributed by atoms with Crippen molar-refractivity contribution in [3.63, 3.8) is 0 Å². The van der Waals surface area contributed by atoms with Crippen molar-refractivity contribution >= 4 is 5.91 Å². The van der Waals surface area contributed by atoms with E-state index in [1.54, 1.807) is 0 Å². The molecule has 1 aliphatic heterocycles. The second kappa shape index (κ2) is 8.12. The largest absolute Gasteiger partial charge is 0.339 e. The molecule has 1 amide bonds. The number of nitrogens with one attached hydrogen (secondary N) is 1. The standard InChI is InChI=1S/C21H23N5O/c27-21(26-14-12-18(13-15-26)20-22-24-25-23-20)19-10-8-17(9-11-19)7-6-16-4-2-1-3-5-16/h1-5,8-11,18H,6-7,12-15H2,(H,22,23,24,25). The number of nitrogens with zero attached hydrogens (tertiary/aromatic N) is 4. The number of H-pyrrole nitrogens is 1. The number of hydrogen-bond acceptors (Lipinski definition) is 4. The number of likely N-dealkylation sites (tertiary alicyclic amines) is 1. The van der Waals surface area contributed by atoms with E-state index in [2.05, 4.69) is 57.0 Å². The van der Waals surface area contributed by atoms with Crippen molar-refractivity contribution in [2.75, 3.05) is 13.1 Å². The Morgan fingerprint density at radius 1 is 0.963 bits per heavy atom. The zero-order valence-electron chi connectivity index (χ0n) is 15.2. The number of carbonyl (C=O) groups excluding carboxylic acids is 1. The van der Waals surface area contributed by atoms with Gasteiger partial charge in [0.2, 0.25) is 0 Å². The van der Waals surface area contributed by atoms with Gasteiger partial charge in [-0.25, -0.2) is 0 Å². The Balaban J connectivity index is 1.31. The van der Waals surface area contributed by atoms with Crippen LogP contribution in [0.25, 0.3) is 0 Å². The number of hydrogen-bond donors (Lipinski definition) is 1. The van der Waals surface area contributed by atoms with E-state index < -0.39 is 0 Å². The number of carbonyl (C=O) groups is 1. The average Bonchev–Trinajstić information content (AvgIpc) is 3.28. The molecular formula is C21H23N5O. The molecule has 27 heavy (non-hydrogen) atoms. The highest BCUT2D eigenvalue weighted by Crippen LogP contribution is 2.25. The summed E-state index contributed by atoms with van der Waals surface area (Å²) < 4.78 is 0. The lowest BCUT2D eigenvalue weighted by Crippen LogP contribution is -2.38. The summed E-state index contributed by atoms with van der Waals surface area (Å²) in [5.41, 5.74) is 3.35. The molecule has 138 valence electrons. The number of tetrazole rings is 1. The van der Waals surface area contributed by atoms with E-state index in [1.165, 1.54) is 11.1 Å². The fourth-order valence-electron chi connectivity index (χ4n) is 3.61. The zero-order chi connectivity index (χ0) is 18.5. The summed E-state index contributed by atoms with van der Waals surface area (Å²) >= 11 is 0. The summed E-state index contributed by atoms with van der Waals surface area (Å²) in [4.78, 5) is 14.7. The van der Waals surface area contributed by atoms with Crippen LogP contribution in [0.4, 0.5) is 0 Å². The second-order valence-electron chi connectivity index (χ2n) is 7.02. The molecule has 6 nitrogen and oxygen atoms in total. The zero-order valence-corrected chi connectivity index (χ0v) is 15.2. The predicted molar refractivity (Wildman–Crippen MR) is 102 cm³/mol. The van der Waals surface area contributed by atoms with E-state index in [0.29, 0.717) is 0 Å². The fourth-order valence-corrected chi connectivity index (χ4v) is 3.61. The van der Waals surface area contributed by atoms with Crippen molar-refractivity contribution in [3.05, 3.63) is 77.1 Å². The van der Waals surface area contributed by atoms with Crippen LogP contribution in [0.5, 0.6) is 0 Å². The molecular weight excluding hydrogens is 338 g/mol. The van der Waals surface area contributed by atoms with Crippen LogP contribution in [-0.2, 0) is 12.8 Å². The van der Waals surface area contributed by atoms with Gasteiger partial charge in [-0.15, -0.1) is 10.2 Å². The first-order valence-corrected chi connectivity index (χ1v) is 9.45. The third kappa shape index (κ3) is 4.22. The molecule has 1 aromatic heterocycles. The first-order chi connectivity index (χ1) is 13.3. The number of aryl methyl sites for hydroxylation is 2. The lowest BCUT2D eigenvalue weighted by molar-refractivity contribution is 0.0711. The van der Waals surface area contributed by atoms with Gasteiger partial charge in [0.1, 0.15) is 0 Å². The molecule has 0 unspecified atom stereocenters. The fraction of sp³-hybridized carbons (Fsp3) is 0.333. The summed E-state index contributed by atoms with van der Waals surface area (Å²) in [5.74, 6) is 1.15. The molecule has 1 saturated heterocycles. The minimum atomic E-state index is 0.108. The summed E-state index contributed by atoms with van der Waals surface area (Å²) in [6, 6.07) is 18.5. The SMILES string of the molecule is O=C(c1ccc(CCc2ccccc2)cc1)N1CCC(c2nn[nH]n2)CC1. The molecule has 4 rings (SSSR count). The molecule has 0 spiro atoms. The number of benzene rings is 2. The van der Waals surface area contributed by atoms with Gasteiger partial charge in [-0.05, 0) is 48.9 Å². The van der Waals surface area contributed by atoms with Gasteiger partial charge in [-0.1, -0.05) is 47.7 Å². The van der Waals surface area contributed by atoms with Gasteiger partial charge >= 0.3 is 0 Å². The molecule has 0 saturated carbocycles. The van der Waals surface area contributed by atoms with Crippen LogP contribution in [0.3, 0.4) is 0 Å². The molecule has 0 radical (unpaired) electrons. The quantitative estimate of drug-likeness (QED) is 0.758. The average molecular weight is 361 g/mol. The van der Waals surface area contributed by atoms with E-state index in [4.69, 9.17) is 0 Å². The Labute approximate surface area is 158 Å². The van der Waals surface area contributed by atoms with Gasteiger partial charge in [0, 0.05) is 24.6 Å². The minimum Gasteiger partial charge on any atom is -0.339 e. The number of piperidine rings is 1. The molecule has 6 heteroatoms. The van der Waals surface area contributed by atoms with Crippen molar-refractivity contribution in [2.24, 2.45) is 0 Å². The lowest BCUT2D eigenvalue weighted by Gasteiger charge is -2.30. The van der Waals surface area contributed by atoms with Crippen molar-refractivity contribution in [3.8, 4) is 0 Å². The van der Waals surface area contributed by atoms with Gasteiger partial charge < -0.3 is 4.90 Å². The van der Waals surface area contributed by atoms with Gasteiger partial charge in [0.15, 0.2) is 5.82 Å². The summed E-state index contributed by atoms with van der Waals surface area (Å²) in [7, 11) is 0. The van der Waals surface area contributed by atoms with Crippen LogP contribution in [0.1, 0.15) is 46.1 Å². The van der Waals surface area contributed by atoms with E-state index >= 15 is 0 Å². The molecule has 2 aromatic carbocycles. The van der Waals surface area contributed by atoms with Crippen LogP contribution < -0.4 is 0 Å². The Hall–Kier alpha value is -3.02. The topological polar surface area (TPSA) is 74.8 Å². The molecule has 0 bridgehead atoms. The van der Waals surface area contributed by atoms with E-state index in [-0.39, 0.29) is 11.8 Å². The molecule has 1 fully saturated rings. The molecule has 1 aliphatic rings. The number of aromatic amines is 1. The highest BCUT2D eigenvalue weighted by Gasteiger charge is 2.26. The van der Waals surface area contributed by atoms with Gasteiger partial charge in [-0.3, -0.25) is 4.79 Å². The van der Waals surface area contributed by atoms with Crippen molar-refractivity contribution in [2.45, 2.75) is 31.6 Å². The van der Waals surface area contributed by atoms with E-state index in [0.717, 1.165) is 50.2 Å². The maximum atomic E-state index is 12.8. The first kappa shape index (κ1) is 17.4. The maximum absolute atomic E-state index is 12.8. The van der Waals surface area contributed by atoms with E-state index in [1.807, 2.05) is 23.1 Å². The molecule has 1 N–H and O–H groups in total. The van der Waals surface area contributed by atoms with E-state index in [9.17, 15) is 4.79 Å². The summed E-state index contributed by atoms with van der Waals surface area (Å²) in [6.45, 7) is 1.46. The van der Waals surface area contributed by atoms with Crippen LogP contribution in [0, 0.1) is 0 Å². The molecule has 2 heterocycles. The Bertz CT molecular complexity index is 853. The monoisotopic (exact) mass is 361 g/mol. The van der Waals surface area contributed by atoms with Crippen LogP contribution in [-0.4, -0.2) is 44.5 Å². The summed E-state index contributed by atoms with van der Waals surface area (Å²) in [6.07, 6.45) is 3.74. The first-order valence-electron chi connectivity index (χ1n) is 9.45. The maximum Gasteiger partial charge on any atom is 0.253 e. The Morgan fingerprint density at radius 2 is 1.63 bits per heavy atom. The van der Waals surface area contributed by atoms with Crippen molar-refractivity contribution in [1.29, 1.82) is 0 Å². The van der Waals surface area contributed by atoms with Gasteiger partial charge in [-0.2, -0.15) is 5.21 Å². The van der Waals surface area contributed by atoms with Crippen LogP contribution in [0.2, 0.25) is 0 Å². The Kier molecular flexibility index (Phi) is 5.23. The molecule has 0 aliphatic carbocycles. The highest BCUT2D eigenvalue weighted by molar-refractivity contribution is 5.94. The van der Waals surface area contributed by atoms with Gasteiger partial charge in [0.05, 0.1) is 0 Å². The lowest BCUT2D eigenvalue weighted by atomic mass is 9.95. The van der Waals surface area contributed by atoms with Gasteiger partial charge in [0.25, 0.3) is 5.91 Å². The third-order valence-corrected chi connectivity index (χ3v) is 5.26. The Morgan fingerprint density at radius 3 is 2.26 bits per heavy atom. The number of amides is 1. The molecule has 0 atom stereocenters. The van der Waals surface area contributed by atoms with Crippen molar-refractivity contribution in [1.82, 2.24) is 25.5 Å². The number of rotatable bonds is 5. The minimum absolute atomic E-state index is 0.108. The molecule has 3 aromatic rings. The van der Waals surface area contributed by atoms with Crippen LogP contribution in [0.15, 0.2) is 54.6 Å². The third-order valence-electron chi connectivity index (χ3n) is 5.26. The smallest absolute Gasteiger partial charge is 0.253 e. The second-order valence-corrected chi connectivity index (χ2v) is 7.02.